The lowest BCUT2D eigenvalue weighted by atomic mass is 9.86. The molecule has 1 saturated carbocycles. The van der Waals surface area contributed by atoms with Crippen molar-refractivity contribution in [1.29, 1.82) is 0 Å². The third-order valence-electron chi connectivity index (χ3n) is 2.41. The SMILES string of the molecule is OC1CC2C=CC(C1)C2. The smallest absolute Gasteiger partial charge is 0.0551 e. The number of hydrogen-bond donors (Lipinski definition) is 1. The number of rotatable bonds is 0. The fourth-order valence-corrected chi connectivity index (χ4v) is 2.01. The Morgan fingerprint density at radius 2 is 1.56 bits per heavy atom. The molecule has 0 aromatic heterocycles. The van der Waals surface area contributed by atoms with Crippen LogP contribution in [0.25, 0.3) is 0 Å². The molecule has 1 nitrogen and oxygen atoms in total. The van der Waals surface area contributed by atoms with E-state index >= 15 is 0 Å². The van der Waals surface area contributed by atoms with Gasteiger partial charge in [-0.05, 0) is 31.1 Å². The topological polar surface area (TPSA) is 20.2 Å². The lowest BCUT2D eigenvalue weighted by Crippen LogP contribution is -2.20. The molecule has 50 valence electrons. The van der Waals surface area contributed by atoms with Crippen molar-refractivity contribution in [2.24, 2.45) is 11.8 Å². The zero-order valence-electron chi connectivity index (χ0n) is 5.46. The van der Waals surface area contributed by atoms with Gasteiger partial charge in [-0.25, -0.2) is 0 Å². The molecule has 2 atom stereocenters. The molecule has 0 radical (unpaired) electrons. The van der Waals surface area contributed by atoms with Crippen molar-refractivity contribution in [3.63, 3.8) is 0 Å². The van der Waals surface area contributed by atoms with Crippen molar-refractivity contribution < 1.29 is 5.11 Å². The van der Waals surface area contributed by atoms with Crippen LogP contribution in [0.3, 0.4) is 0 Å². The first-order chi connectivity index (χ1) is 4.34. The fraction of sp³-hybridized carbons (Fsp3) is 0.750. The second-order valence-electron chi connectivity index (χ2n) is 3.27. The first-order valence-electron chi connectivity index (χ1n) is 3.71. The van der Waals surface area contributed by atoms with Gasteiger partial charge in [0.2, 0.25) is 0 Å². The molecule has 0 aromatic carbocycles. The molecule has 2 bridgehead atoms. The summed E-state index contributed by atoms with van der Waals surface area (Å²) < 4.78 is 0. The predicted octanol–water partition coefficient (Wildman–Crippen LogP) is 1.33. The Hall–Kier alpha value is -0.300. The average molecular weight is 124 g/mol. The van der Waals surface area contributed by atoms with E-state index < -0.39 is 0 Å². The summed E-state index contributed by atoms with van der Waals surface area (Å²) in [6.45, 7) is 0. The van der Waals surface area contributed by atoms with Gasteiger partial charge in [-0.2, -0.15) is 0 Å². The maximum absolute atomic E-state index is 9.25. The monoisotopic (exact) mass is 124 g/mol. The minimum Gasteiger partial charge on any atom is -0.393 e. The third-order valence-corrected chi connectivity index (χ3v) is 2.41. The van der Waals surface area contributed by atoms with E-state index in [0.29, 0.717) is 11.8 Å². The van der Waals surface area contributed by atoms with Crippen LogP contribution < -0.4 is 0 Å². The van der Waals surface area contributed by atoms with Gasteiger partial charge in [0.1, 0.15) is 0 Å². The number of aliphatic hydroxyl groups is 1. The molecule has 2 unspecified atom stereocenters. The Kier molecular flexibility index (Phi) is 1.12. The molecular weight excluding hydrogens is 112 g/mol. The molecule has 9 heavy (non-hydrogen) atoms. The van der Waals surface area contributed by atoms with Crippen LogP contribution in [0, 0.1) is 11.8 Å². The molecule has 1 fully saturated rings. The molecule has 0 amide bonds. The van der Waals surface area contributed by atoms with Gasteiger partial charge >= 0.3 is 0 Å². The minimum absolute atomic E-state index is 0.0104. The molecule has 2 aliphatic carbocycles. The Morgan fingerprint density at radius 1 is 1.00 bits per heavy atom. The number of fused-ring (bicyclic) bond motifs is 2. The summed E-state index contributed by atoms with van der Waals surface area (Å²) in [6.07, 6.45) is 7.84. The van der Waals surface area contributed by atoms with E-state index in [-0.39, 0.29) is 6.10 Å². The maximum Gasteiger partial charge on any atom is 0.0551 e. The highest BCUT2D eigenvalue weighted by molar-refractivity contribution is 5.06. The molecule has 0 heterocycles. The van der Waals surface area contributed by atoms with Gasteiger partial charge in [0.05, 0.1) is 6.10 Å². The van der Waals surface area contributed by atoms with Gasteiger partial charge in [-0.15, -0.1) is 0 Å². The van der Waals surface area contributed by atoms with Gasteiger partial charge < -0.3 is 5.11 Å². The molecule has 0 aliphatic heterocycles. The zero-order valence-corrected chi connectivity index (χ0v) is 5.46. The zero-order chi connectivity index (χ0) is 6.27. The lowest BCUT2D eigenvalue weighted by molar-refractivity contribution is 0.102. The molecule has 0 aromatic rings. The summed E-state index contributed by atoms with van der Waals surface area (Å²) in [5, 5.41) is 9.25. The van der Waals surface area contributed by atoms with E-state index in [1.54, 1.807) is 0 Å². The normalized spacial score (nSPS) is 47.9. The average Bonchev–Trinajstić information content (AvgIpc) is 2.11. The van der Waals surface area contributed by atoms with Crippen molar-refractivity contribution in [2.45, 2.75) is 25.4 Å². The van der Waals surface area contributed by atoms with Crippen LogP contribution in [0.4, 0.5) is 0 Å². The highest BCUT2D eigenvalue weighted by Gasteiger charge is 2.28. The van der Waals surface area contributed by atoms with Crippen molar-refractivity contribution in [2.75, 3.05) is 0 Å². The molecule has 2 aliphatic rings. The van der Waals surface area contributed by atoms with E-state index in [2.05, 4.69) is 12.2 Å². The highest BCUT2D eigenvalue weighted by Crippen LogP contribution is 2.36. The molecule has 0 spiro atoms. The standard InChI is InChI=1S/C8H12O/c9-8-4-6-1-2-7(3-6)5-8/h1-2,6-9H,3-5H2. The maximum atomic E-state index is 9.25. The summed E-state index contributed by atoms with van der Waals surface area (Å²) in [7, 11) is 0. The highest BCUT2D eigenvalue weighted by atomic mass is 16.3. The van der Waals surface area contributed by atoms with Crippen LogP contribution >= 0.6 is 0 Å². The van der Waals surface area contributed by atoms with Crippen LogP contribution in [-0.4, -0.2) is 11.2 Å². The first kappa shape index (κ1) is 5.48. The summed E-state index contributed by atoms with van der Waals surface area (Å²) >= 11 is 0. The van der Waals surface area contributed by atoms with Gasteiger partial charge in [0.15, 0.2) is 0 Å². The van der Waals surface area contributed by atoms with Crippen LogP contribution in [0.2, 0.25) is 0 Å². The van der Waals surface area contributed by atoms with E-state index in [1.807, 2.05) is 0 Å². The van der Waals surface area contributed by atoms with Crippen LogP contribution in [0.5, 0.6) is 0 Å². The lowest BCUT2D eigenvalue weighted by Gasteiger charge is -2.23. The number of hydrogen-bond acceptors (Lipinski definition) is 1. The second-order valence-corrected chi connectivity index (χ2v) is 3.27. The van der Waals surface area contributed by atoms with Gasteiger partial charge in [0, 0.05) is 0 Å². The quantitative estimate of drug-likeness (QED) is 0.483. The first-order valence-corrected chi connectivity index (χ1v) is 3.71. The van der Waals surface area contributed by atoms with Gasteiger partial charge in [0.25, 0.3) is 0 Å². The molecule has 2 rings (SSSR count). The molecule has 0 saturated heterocycles. The Morgan fingerprint density at radius 3 is 2.11 bits per heavy atom. The molecule has 1 N–H and O–H groups in total. The fourth-order valence-electron chi connectivity index (χ4n) is 2.01. The summed E-state index contributed by atoms with van der Waals surface area (Å²) in [4.78, 5) is 0. The van der Waals surface area contributed by atoms with Crippen molar-refractivity contribution in [3.05, 3.63) is 12.2 Å². The predicted molar refractivity (Wildman–Crippen MR) is 36.0 cm³/mol. The third kappa shape index (κ3) is 0.897. The van der Waals surface area contributed by atoms with Gasteiger partial charge in [-0.1, -0.05) is 12.2 Å². The van der Waals surface area contributed by atoms with E-state index in [0.717, 1.165) is 12.8 Å². The number of aliphatic hydroxyl groups excluding tert-OH is 1. The van der Waals surface area contributed by atoms with E-state index in [9.17, 15) is 5.11 Å². The van der Waals surface area contributed by atoms with Crippen LogP contribution in [-0.2, 0) is 0 Å². The summed E-state index contributed by atoms with van der Waals surface area (Å²) in [6, 6.07) is 0. The Balaban J connectivity index is 2.10. The van der Waals surface area contributed by atoms with Crippen molar-refractivity contribution >= 4 is 0 Å². The molecule has 1 heteroatoms. The Labute approximate surface area is 55.4 Å². The van der Waals surface area contributed by atoms with E-state index in [1.165, 1.54) is 6.42 Å². The van der Waals surface area contributed by atoms with Crippen molar-refractivity contribution in [3.8, 4) is 0 Å². The van der Waals surface area contributed by atoms with Crippen LogP contribution in [0.1, 0.15) is 19.3 Å². The van der Waals surface area contributed by atoms with E-state index in [4.69, 9.17) is 0 Å². The van der Waals surface area contributed by atoms with Gasteiger partial charge in [-0.3, -0.25) is 0 Å². The summed E-state index contributed by atoms with van der Waals surface area (Å²) in [5.74, 6) is 1.41. The summed E-state index contributed by atoms with van der Waals surface area (Å²) in [5.41, 5.74) is 0. The van der Waals surface area contributed by atoms with Crippen LogP contribution in [0.15, 0.2) is 12.2 Å². The molecular formula is C8H12O. The second kappa shape index (κ2) is 1.84. The number of allylic oxidation sites excluding steroid dienone is 2. The Bertz CT molecular complexity index is 126. The minimum atomic E-state index is -0.0104. The van der Waals surface area contributed by atoms with Crippen molar-refractivity contribution in [1.82, 2.24) is 0 Å². The largest absolute Gasteiger partial charge is 0.393 e.